The zero-order chi connectivity index (χ0) is 21.8. The summed E-state index contributed by atoms with van der Waals surface area (Å²) in [6, 6.07) is 40.4. The molecule has 0 aliphatic rings. The number of nitrogens with zero attached hydrogens (tertiary/aromatic N) is 2. The van der Waals surface area contributed by atoms with Crippen molar-refractivity contribution in [2.75, 3.05) is 0 Å². The van der Waals surface area contributed by atoms with Crippen molar-refractivity contribution in [2.45, 2.75) is 6.92 Å². The van der Waals surface area contributed by atoms with Gasteiger partial charge in [0, 0.05) is 22.9 Å². The van der Waals surface area contributed by atoms with Crippen LogP contribution in [0, 0.1) is 6.92 Å². The molecule has 0 bridgehead atoms. The van der Waals surface area contributed by atoms with E-state index in [0.717, 1.165) is 27.8 Å². The molecule has 1 heterocycles. The first-order valence-electron chi connectivity index (χ1n) is 10.7. The van der Waals surface area contributed by atoms with E-state index in [1.54, 1.807) is 0 Å². The van der Waals surface area contributed by atoms with Crippen molar-refractivity contribution in [1.82, 2.24) is 4.98 Å². The molecular weight excluding hydrogens is 407 g/mol. The van der Waals surface area contributed by atoms with E-state index < -0.39 is 7.92 Å². The normalized spacial score (nSPS) is 11.4. The van der Waals surface area contributed by atoms with E-state index in [2.05, 4.69) is 97.1 Å². The number of fused-ring (bicyclic) bond motifs is 1. The van der Waals surface area contributed by atoms with Crippen LogP contribution in [0.5, 0.6) is 0 Å². The molecule has 0 fully saturated rings. The van der Waals surface area contributed by atoms with E-state index in [1.165, 1.54) is 15.9 Å². The molecule has 1 aromatic heterocycles. The maximum atomic E-state index is 4.90. The molecule has 154 valence electrons. The summed E-state index contributed by atoms with van der Waals surface area (Å²) in [5, 5.41) is 5.07. The Bertz CT molecular complexity index is 1340. The number of hydrogen-bond donors (Lipinski definition) is 0. The largest absolute Gasteiger partial charge is 0.254 e. The Morgan fingerprint density at radius 3 is 2.03 bits per heavy atom. The lowest BCUT2D eigenvalue weighted by atomic mass is 10.2. The molecule has 0 aliphatic heterocycles. The molecule has 0 amide bonds. The summed E-state index contributed by atoms with van der Waals surface area (Å²) in [7, 11) is -0.694. The molecule has 4 aromatic carbocycles. The lowest BCUT2D eigenvalue weighted by molar-refractivity contribution is 1.25. The lowest BCUT2D eigenvalue weighted by Gasteiger charge is -2.21. The third kappa shape index (κ3) is 4.23. The van der Waals surface area contributed by atoms with Gasteiger partial charge in [0.2, 0.25) is 0 Å². The molecule has 32 heavy (non-hydrogen) atoms. The van der Waals surface area contributed by atoms with Crippen LogP contribution in [0.3, 0.4) is 0 Å². The Morgan fingerprint density at radius 2 is 1.31 bits per heavy atom. The fraction of sp³-hybridized carbons (Fsp3) is 0.0345. The molecule has 0 atom stereocenters. The highest BCUT2D eigenvalue weighted by atomic mass is 31.1. The molecule has 0 saturated heterocycles. The molecule has 5 aromatic rings. The smallest absolute Gasteiger partial charge is 0.0961 e. The van der Waals surface area contributed by atoms with Crippen LogP contribution in [0.2, 0.25) is 0 Å². The summed E-state index contributed by atoms with van der Waals surface area (Å²) in [4.78, 5) is 9.63. The monoisotopic (exact) mass is 430 g/mol. The van der Waals surface area contributed by atoms with Gasteiger partial charge < -0.3 is 0 Å². The van der Waals surface area contributed by atoms with Gasteiger partial charge in [-0.15, -0.1) is 0 Å². The van der Waals surface area contributed by atoms with Crippen LogP contribution in [0.25, 0.3) is 10.9 Å². The van der Waals surface area contributed by atoms with E-state index in [4.69, 9.17) is 9.98 Å². The maximum absolute atomic E-state index is 4.90. The average molecular weight is 430 g/mol. The first-order chi connectivity index (χ1) is 15.8. The van der Waals surface area contributed by atoms with Crippen molar-refractivity contribution < 1.29 is 0 Å². The number of aryl methyl sites for hydroxylation is 1. The molecule has 0 radical (unpaired) electrons. The van der Waals surface area contributed by atoms with E-state index in [-0.39, 0.29) is 0 Å². The highest BCUT2D eigenvalue weighted by Gasteiger charge is 2.18. The summed E-state index contributed by atoms with van der Waals surface area (Å²) in [5.74, 6) is 0. The minimum Gasteiger partial charge on any atom is -0.254 e. The molecule has 3 heteroatoms. The second-order valence-corrected chi connectivity index (χ2v) is 9.81. The van der Waals surface area contributed by atoms with E-state index in [0.29, 0.717) is 0 Å². The van der Waals surface area contributed by atoms with E-state index in [9.17, 15) is 0 Å². The Kier molecular flexibility index (Phi) is 5.87. The van der Waals surface area contributed by atoms with E-state index in [1.807, 2.05) is 31.3 Å². The Hall–Kier alpha value is -3.61. The summed E-state index contributed by atoms with van der Waals surface area (Å²) in [5.41, 5.74) is 3.97. The third-order valence-corrected chi connectivity index (χ3v) is 7.91. The van der Waals surface area contributed by atoms with Crippen LogP contribution < -0.4 is 15.9 Å². The van der Waals surface area contributed by atoms with Gasteiger partial charge in [0.15, 0.2) is 0 Å². The second-order valence-electron chi connectivity index (χ2n) is 7.63. The summed E-state index contributed by atoms with van der Waals surface area (Å²) < 4.78 is 0. The second kappa shape index (κ2) is 9.26. The summed E-state index contributed by atoms with van der Waals surface area (Å²) >= 11 is 0. The van der Waals surface area contributed by atoms with Gasteiger partial charge >= 0.3 is 0 Å². The summed E-state index contributed by atoms with van der Waals surface area (Å²) in [6.45, 7) is 2.02. The predicted octanol–water partition coefficient (Wildman–Crippen LogP) is 6.05. The standard InChI is InChI=1S/C29H23N2P/c1-22-19-20-23-12-10-17-27(29(23)31-22)30-21-24-11-8-9-18-28(24)32(25-13-4-2-5-14-25)26-15-6-3-7-16-26/h2-21H,1H3. The molecule has 0 unspecified atom stereocenters. The lowest BCUT2D eigenvalue weighted by Crippen LogP contribution is -2.23. The van der Waals surface area contributed by atoms with Gasteiger partial charge in [0.1, 0.15) is 0 Å². The van der Waals surface area contributed by atoms with Gasteiger partial charge in [0.25, 0.3) is 0 Å². The number of hydrogen-bond acceptors (Lipinski definition) is 2. The van der Waals surface area contributed by atoms with Crippen LogP contribution in [-0.4, -0.2) is 11.2 Å². The number of para-hydroxylation sites is 1. The van der Waals surface area contributed by atoms with Gasteiger partial charge in [-0.05, 0) is 42.9 Å². The maximum Gasteiger partial charge on any atom is 0.0961 e. The van der Waals surface area contributed by atoms with Gasteiger partial charge in [0.05, 0.1) is 11.2 Å². The minimum absolute atomic E-state index is 0.694. The molecule has 5 rings (SSSR count). The highest BCUT2D eigenvalue weighted by Crippen LogP contribution is 2.34. The van der Waals surface area contributed by atoms with Crippen LogP contribution in [0.1, 0.15) is 11.3 Å². The van der Waals surface area contributed by atoms with Crippen molar-refractivity contribution in [3.05, 3.63) is 127 Å². The highest BCUT2D eigenvalue weighted by molar-refractivity contribution is 7.80. The Labute approximate surface area is 190 Å². The van der Waals surface area contributed by atoms with Crippen molar-refractivity contribution in [3.63, 3.8) is 0 Å². The van der Waals surface area contributed by atoms with Crippen LogP contribution in [-0.2, 0) is 0 Å². The van der Waals surface area contributed by atoms with Crippen molar-refractivity contribution >= 4 is 46.6 Å². The quantitative estimate of drug-likeness (QED) is 0.246. The summed E-state index contributed by atoms with van der Waals surface area (Å²) in [6.07, 6.45) is 2.00. The zero-order valence-corrected chi connectivity index (χ0v) is 18.8. The SMILES string of the molecule is Cc1ccc2cccc(N=Cc3ccccc3P(c3ccccc3)c3ccccc3)c2n1. The molecule has 0 spiro atoms. The van der Waals surface area contributed by atoms with Gasteiger partial charge in [-0.3, -0.25) is 9.98 Å². The van der Waals surface area contributed by atoms with Crippen LogP contribution >= 0.6 is 7.92 Å². The van der Waals surface area contributed by atoms with Gasteiger partial charge in [-0.25, -0.2) is 0 Å². The number of aliphatic imine (C=N–C) groups is 1. The Balaban J connectivity index is 1.62. The number of benzene rings is 4. The van der Waals surface area contributed by atoms with E-state index >= 15 is 0 Å². The number of rotatable bonds is 5. The van der Waals surface area contributed by atoms with Crippen molar-refractivity contribution in [3.8, 4) is 0 Å². The number of pyridine rings is 1. The zero-order valence-electron chi connectivity index (χ0n) is 17.9. The van der Waals surface area contributed by atoms with Gasteiger partial charge in [-0.2, -0.15) is 0 Å². The van der Waals surface area contributed by atoms with Gasteiger partial charge in [-0.1, -0.05) is 103 Å². The van der Waals surface area contributed by atoms with Crippen LogP contribution in [0.15, 0.2) is 120 Å². The van der Waals surface area contributed by atoms with Crippen molar-refractivity contribution in [2.24, 2.45) is 4.99 Å². The van der Waals surface area contributed by atoms with Crippen molar-refractivity contribution in [1.29, 1.82) is 0 Å². The first-order valence-corrected chi connectivity index (χ1v) is 12.0. The number of aromatic nitrogens is 1. The molecule has 0 aliphatic carbocycles. The topological polar surface area (TPSA) is 25.2 Å². The molecular formula is C29H23N2P. The molecule has 2 nitrogen and oxygen atoms in total. The Morgan fingerprint density at radius 1 is 0.656 bits per heavy atom. The molecule has 0 N–H and O–H groups in total. The van der Waals surface area contributed by atoms with Crippen LogP contribution in [0.4, 0.5) is 5.69 Å². The molecule has 0 saturated carbocycles. The fourth-order valence-corrected chi connectivity index (χ4v) is 6.27. The minimum atomic E-state index is -0.694. The average Bonchev–Trinajstić information content (AvgIpc) is 2.85. The first kappa shape index (κ1) is 20.3. The predicted molar refractivity (Wildman–Crippen MR) is 139 cm³/mol. The fourth-order valence-electron chi connectivity index (χ4n) is 3.85. The third-order valence-electron chi connectivity index (χ3n) is 5.39.